The second kappa shape index (κ2) is 3.38. The molecule has 0 fully saturated rings. The number of pyridine rings is 1. The van der Waals surface area contributed by atoms with Gasteiger partial charge in [0.15, 0.2) is 0 Å². The van der Waals surface area contributed by atoms with E-state index in [2.05, 4.69) is 4.98 Å². The summed E-state index contributed by atoms with van der Waals surface area (Å²) in [6.45, 7) is 0. The van der Waals surface area contributed by atoms with E-state index in [0.29, 0.717) is 3.57 Å². The van der Waals surface area contributed by atoms with E-state index in [-0.39, 0.29) is 17.1 Å². The van der Waals surface area contributed by atoms with E-state index < -0.39 is 6.43 Å². The third kappa shape index (κ3) is 1.57. The smallest absolute Gasteiger partial charge is 0.269 e. The molecule has 0 aliphatic carbocycles. The largest absolute Gasteiger partial charge is 0.397 e. The van der Waals surface area contributed by atoms with Crippen LogP contribution in [-0.4, -0.2) is 4.98 Å². The first-order valence-electron chi connectivity index (χ1n) is 3.01. The quantitative estimate of drug-likeness (QED) is 0.773. The summed E-state index contributed by atoms with van der Waals surface area (Å²) < 4.78 is 25.0. The molecule has 0 radical (unpaired) electrons. The number of alkyl halides is 2. The Morgan fingerprint density at radius 1 is 1.42 bits per heavy atom. The number of aromatic nitrogens is 1. The molecule has 1 rings (SSSR count). The molecule has 0 amide bonds. The Hall–Kier alpha value is -0.660. The Morgan fingerprint density at radius 2 is 2.00 bits per heavy atom. The highest BCUT2D eigenvalue weighted by Crippen LogP contribution is 2.31. The molecule has 4 N–H and O–H groups in total. The van der Waals surface area contributed by atoms with Gasteiger partial charge in [-0.25, -0.2) is 13.8 Å². The first-order chi connectivity index (χ1) is 5.54. The van der Waals surface area contributed by atoms with Crippen LogP contribution < -0.4 is 11.5 Å². The van der Waals surface area contributed by atoms with E-state index in [0.717, 1.165) is 0 Å². The monoisotopic (exact) mass is 285 g/mol. The SMILES string of the molecule is Nc1ncc(I)c(N)c1C(F)F. The number of hydrogen-bond donors (Lipinski definition) is 2. The van der Waals surface area contributed by atoms with Crippen molar-refractivity contribution in [1.82, 2.24) is 4.98 Å². The summed E-state index contributed by atoms with van der Waals surface area (Å²) in [5.74, 6) is -0.206. The zero-order chi connectivity index (χ0) is 9.30. The van der Waals surface area contributed by atoms with E-state index in [1.54, 1.807) is 0 Å². The number of nitrogen functional groups attached to an aromatic ring is 2. The first kappa shape index (κ1) is 9.43. The molecule has 0 aromatic carbocycles. The van der Waals surface area contributed by atoms with Gasteiger partial charge in [0.2, 0.25) is 0 Å². The Morgan fingerprint density at radius 3 is 2.42 bits per heavy atom. The number of hydrogen-bond acceptors (Lipinski definition) is 3. The number of nitrogens with two attached hydrogens (primary N) is 2. The average Bonchev–Trinajstić information content (AvgIpc) is 1.97. The van der Waals surface area contributed by atoms with Gasteiger partial charge in [0.1, 0.15) is 5.82 Å². The predicted molar refractivity (Wildman–Crippen MR) is 50.7 cm³/mol. The average molecular weight is 285 g/mol. The maximum Gasteiger partial charge on any atom is 0.269 e. The van der Waals surface area contributed by atoms with Gasteiger partial charge in [-0.2, -0.15) is 0 Å². The van der Waals surface area contributed by atoms with Crippen molar-refractivity contribution in [3.8, 4) is 0 Å². The van der Waals surface area contributed by atoms with Crippen LogP contribution in [0.1, 0.15) is 12.0 Å². The molecule has 0 bridgehead atoms. The molecular weight excluding hydrogens is 279 g/mol. The summed E-state index contributed by atoms with van der Waals surface area (Å²) in [4.78, 5) is 3.57. The molecule has 0 aliphatic rings. The summed E-state index contributed by atoms with van der Waals surface area (Å²) in [5.41, 5.74) is 10.2. The molecule has 0 atom stereocenters. The van der Waals surface area contributed by atoms with Crippen LogP contribution in [0, 0.1) is 3.57 Å². The van der Waals surface area contributed by atoms with Gasteiger partial charge in [-0.15, -0.1) is 0 Å². The lowest BCUT2D eigenvalue weighted by Crippen LogP contribution is -2.04. The molecule has 0 saturated heterocycles. The lowest BCUT2D eigenvalue weighted by Gasteiger charge is -2.07. The molecule has 6 heteroatoms. The maximum absolute atomic E-state index is 12.3. The van der Waals surface area contributed by atoms with Gasteiger partial charge in [-0.3, -0.25) is 0 Å². The molecule has 3 nitrogen and oxygen atoms in total. The van der Waals surface area contributed by atoms with Gasteiger partial charge in [-0.1, -0.05) is 0 Å². The normalized spacial score (nSPS) is 10.7. The molecule has 1 heterocycles. The van der Waals surface area contributed by atoms with Crippen molar-refractivity contribution in [3.05, 3.63) is 15.3 Å². The number of anilines is 2. The second-order valence-corrected chi connectivity index (χ2v) is 3.28. The summed E-state index contributed by atoms with van der Waals surface area (Å²) in [6, 6.07) is 0. The minimum absolute atomic E-state index is 0.0121. The van der Waals surface area contributed by atoms with E-state index in [4.69, 9.17) is 11.5 Å². The predicted octanol–water partition coefficient (Wildman–Crippen LogP) is 1.79. The number of rotatable bonds is 1. The van der Waals surface area contributed by atoms with E-state index in [1.165, 1.54) is 6.20 Å². The topological polar surface area (TPSA) is 64.9 Å². The van der Waals surface area contributed by atoms with Gasteiger partial charge in [0, 0.05) is 6.20 Å². The molecule has 66 valence electrons. The van der Waals surface area contributed by atoms with E-state index >= 15 is 0 Å². The van der Waals surface area contributed by atoms with Crippen LogP contribution >= 0.6 is 22.6 Å². The van der Waals surface area contributed by atoms with Crippen LogP contribution in [0.25, 0.3) is 0 Å². The lowest BCUT2D eigenvalue weighted by molar-refractivity contribution is 0.152. The molecule has 12 heavy (non-hydrogen) atoms. The van der Waals surface area contributed by atoms with Gasteiger partial charge in [-0.05, 0) is 22.6 Å². The minimum atomic E-state index is -2.67. The van der Waals surface area contributed by atoms with Gasteiger partial charge in [0.25, 0.3) is 6.43 Å². The lowest BCUT2D eigenvalue weighted by atomic mass is 10.2. The molecule has 0 saturated carbocycles. The van der Waals surface area contributed by atoms with Crippen LogP contribution in [-0.2, 0) is 0 Å². The standard InChI is InChI=1S/C6H6F2IN3/c7-5(8)3-4(10)2(9)1-12-6(3)11/h1,5H,(H4,10,11,12). The van der Waals surface area contributed by atoms with Crippen molar-refractivity contribution < 1.29 is 8.78 Å². The van der Waals surface area contributed by atoms with Crippen molar-refractivity contribution in [2.24, 2.45) is 0 Å². The highest BCUT2D eigenvalue weighted by Gasteiger charge is 2.17. The summed E-state index contributed by atoms with van der Waals surface area (Å²) in [6.07, 6.45) is -1.32. The summed E-state index contributed by atoms with van der Waals surface area (Å²) >= 11 is 1.82. The van der Waals surface area contributed by atoms with Crippen molar-refractivity contribution in [3.63, 3.8) is 0 Å². The highest BCUT2D eigenvalue weighted by atomic mass is 127. The van der Waals surface area contributed by atoms with E-state index in [9.17, 15) is 8.78 Å². The summed E-state index contributed by atoms with van der Waals surface area (Å²) in [7, 11) is 0. The van der Waals surface area contributed by atoms with Crippen LogP contribution in [0.15, 0.2) is 6.20 Å². The minimum Gasteiger partial charge on any atom is -0.397 e. The van der Waals surface area contributed by atoms with Gasteiger partial charge in [0.05, 0.1) is 14.8 Å². The molecule has 0 unspecified atom stereocenters. The number of nitrogens with zero attached hydrogens (tertiary/aromatic N) is 1. The highest BCUT2D eigenvalue weighted by molar-refractivity contribution is 14.1. The summed E-state index contributed by atoms with van der Waals surface area (Å²) in [5, 5.41) is 0. The fourth-order valence-corrected chi connectivity index (χ4v) is 1.19. The van der Waals surface area contributed by atoms with Crippen molar-refractivity contribution in [2.45, 2.75) is 6.43 Å². The second-order valence-electron chi connectivity index (χ2n) is 2.12. The van der Waals surface area contributed by atoms with Crippen molar-refractivity contribution in [1.29, 1.82) is 0 Å². The Bertz CT molecular complexity index is 303. The van der Waals surface area contributed by atoms with Crippen molar-refractivity contribution >= 4 is 34.1 Å². The maximum atomic E-state index is 12.3. The first-order valence-corrected chi connectivity index (χ1v) is 4.09. The molecule has 0 spiro atoms. The van der Waals surface area contributed by atoms with Crippen LogP contribution in [0.5, 0.6) is 0 Å². The zero-order valence-electron chi connectivity index (χ0n) is 5.89. The van der Waals surface area contributed by atoms with Crippen LogP contribution in [0.3, 0.4) is 0 Å². The molecule has 0 aliphatic heterocycles. The van der Waals surface area contributed by atoms with Crippen LogP contribution in [0.2, 0.25) is 0 Å². The zero-order valence-corrected chi connectivity index (χ0v) is 8.05. The Kier molecular flexibility index (Phi) is 2.65. The van der Waals surface area contributed by atoms with Crippen molar-refractivity contribution in [2.75, 3.05) is 11.5 Å². The third-order valence-corrected chi connectivity index (χ3v) is 2.22. The Labute approximate surface area is 81.3 Å². The molecular formula is C6H6F2IN3. The third-order valence-electron chi connectivity index (χ3n) is 1.36. The van der Waals surface area contributed by atoms with Gasteiger partial charge < -0.3 is 11.5 Å². The van der Waals surface area contributed by atoms with Crippen LogP contribution in [0.4, 0.5) is 20.3 Å². The number of halogens is 3. The fourth-order valence-electron chi connectivity index (χ4n) is 0.761. The van der Waals surface area contributed by atoms with E-state index in [1.807, 2.05) is 22.6 Å². The fraction of sp³-hybridized carbons (Fsp3) is 0.167. The van der Waals surface area contributed by atoms with Gasteiger partial charge >= 0.3 is 0 Å². The Balaban J connectivity index is 3.33. The molecule has 1 aromatic rings. The molecule has 1 aromatic heterocycles.